The number of benzene rings is 3. The second kappa shape index (κ2) is 8.67. The number of hydrogen-bond donors (Lipinski definition) is 2. The second-order valence-corrected chi connectivity index (χ2v) is 7.15. The lowest BCUT2D eigenvalue weighted by Gasteiger charge is -2.09. The van der Waals surface area contributed by atoms with E-state index in [4.69, 9.17) is 4.42 Å². The molecule has 0 atom stereocenters. The van der Waals surface area contributed by atoms with E-state index >= 15 is 0 Å². The molecule has 0 bridgehead atoms. The van der Waals surface area contributed by atoms with Crippen LogP contribution in [0.2, 0.25) is 0 Å². The predicted molar refractivity (Wildman–Crippen MR) is 121 cm³/mol. The third kappa shape index (κ3) is 4.70. The maximum atomic E-state index is 12.9. The lowest BCUT2D eigenvalue weighted by Crippen LogP contribution is -2.13. The Morgan fingerprint density at radius 1 is 0.839 bits per heavy atom. The van der Waals surface area contributed by atoms with Crippen LogP contribution in [0.15, 0.2) is 83.4 Å². The van der Waals surface area contributed by atoms with E-state index in [2.05, 4.69) is 15.6 Å². The third-order valence-corrected chi connectivity index (χ3v) is 4.71. The number of carbonyl (C=O) groups is 2. The molecule has 0 saturated carbocycles. The minimum atomic E-state index is -0.280. The Labute approximate surface area is 179 Å². The summed E-state index contributed by atoms with van der Waals surface area (Å²) in [5, 5.41) is 5.57. The first kappa shape index (κ1) is 20.1. The minimum Gasteiger partial charge on any atom is -0.436 e. The molecule has 6 nitrogen and oxygen atoms in total. The largest absolute Gasteiger partial charge is 0.436 e. The number of amides is 2. The van der Waals surface area contributed by atoms with Crippen LogP contribution in [0.25, 0.3) is 22.8 Å². The highest BCUT2D eigenvalue weighted by molar-refractivity contribution is 6.08. The highest BCUT2D eigenvalue weighted by Crippen LogP contribution is 2.29. The Hall–Kier alpha value is -4.19. The average Bonchev–Trinajstić information content (AvgIpc) is 3.25. The molecule has 1 heterocycles. The first-order valence-corrected chi connectivity index (χ1v) is 9.81. The number of aryl methyl sites for hydroxylation is 1. The topological polar surface area (TPSA) is 84.2 Å². The highest BCUT2D eigenvalue weighted by Gasteiger charge is 2.17. The number of oxazole rings is 1. The van der Waals surface area contributed by atoms with Crippen molar-refractivity contribution < 1.29 is 14.0 Å². The highest BCUT2D eigenvalue weighted by atomic mass is 16.4. The van der Waals surface area contributed by atoms with Gasteiger partial charge >= 0.3 is 0 Å². The lowest BCUT2D eigenvalue weighted by molar-refractivity contribution is -0.114. The van der Waals surface area contributed by atoms with Gasteiger partial charge in [-0.15, -0.1) is 0 Å². The Balaban J connectivity index is 1.56. The van der Waals surface area contributed by atoms with Crippen molar-refractivity contribution in [1.82, 2.24) is 4.98 Å². The fourth-order valence-corrected chi connectivity index (χ4v) is 3.16. The summed E-state index contributed by atoms with van der Waals surface area (Å²) in [6.07, 6.45) is 1.66. The van der Waals surface area contributed by atoms with Crippen molar-refractivity contribution in [3.8, 4) is 22.8 Å². The molecule has 3 aromatic carbocycles. The average molecular weight is 411 g/mol. The van der Waals surface area contributed by atoms with E-state index in [-0.39, 0.29) is 11.8 Å². The molecule has 0 aliphatic carbocycles. The van der Waals surface area contributed by atoms with Gasteiger partial charge in [-0.3, -0.25) is 9.59 Å². The zero-order chi connectivity index (χ0) is 21.8. The summed E-state index contributed by atoms with van der Waals surface area (Å²) in [7, 11) is 0. The van der Waals surface area contributed by atoms with Gasteiger partial charge in [-0.2, -0.15) is 0 Å². The molecule has 2 N–H and O–H groups in total. The van der Waals surface area contributed by atoms with Crippen LogP contribution in [0.4, 0.5) is 11.4 Å². The summed E-state index contributed by atoms with van der Waals surface area (Å²) in [4.78, 5) is 28.5. The van der Waals surface area contributed by atoms with Crippen LogP contribution in [0.3, 0.4) is 0 Å². The maximum Gasteiger partial charge on any atom is 0.256 e. The smallest absolute Gasteiger partial charge is 0.256 e. The second-order valence-electron chi connectivity index (χ2n) is 7.15. The summed E-state index contributed by atoms with van der Waals surface area (Å²) in [6.45, 7) is 3.47. The van der Waals surface area contributed by atoms with Crippen molar-refractivity contribution >= 4 is 23.2 Å². The Morgan fingerprint density at radius 3 is 2.16 bits per heavy atom. The summed E-state index contributed by atoms with van der Waals surface area (Å²) in [6, 6.07) is 22.0. The van der Waals surface area contributed by atoms with E-state index in [1.165, 1.54) is 6.92 Å². The quantitative estimate of drug-likeness (QED) is 0.452. The molecule has 0 spiro atoms. The molecule has 154 valence electrons. The van der Waals surface area contributed by atoms with Crippen molar-refractivity contribution in [2.45, 2.75) is 13.8 Å². The van der Waals surface area contributed by atoms with Gasteiger partial charge in [0.25, 0.3) is 5.91 Å². The van der Waals surface area contributed by atoms with E-state index in [0.29, 0.717) is 34.2 Å². The molecule has 4 rings (SSSR count). The van der Waals surface area contributed by atoms with Crippen molar-refractivity contribution in [1.29, 1.82) is 0 Å². The molecule has 0 saturated heterocycles. The van der Waals surface area contributed by atoms with Gasteiger partial charge in [0.2, 0.25) is 11.8 Å². The summed E-state index contributed by atoms with van der Waals surface area (Å²) in [5.41, 5.74) is 4.41. The van der Waals surface area contributed by atoms with Crippen LogP contribution in [0.5, 0.6) is 0 Å². The van der Waals surface area contributed by atoms with Crippen molar-refractivity contribution in [3.05, 3.63) is 90.1 Å². The Kier molecular flexibility index (Phi) is 5.62. The Morgan fingerprint density at radius 2 is 1.48 bits per heavy atom. The van der Waals surface area contributed by atoms with Gasteiger partial charge in [-0.05, 0) is 43.3 Å². The van der Waals surface area contributed by atoms with E-state index in [9.17, 15) is 9.59 Å². The molecule has 0 aliphatic rings. The minimum absolute atomic E-state index is 0.151. The van der Waals surface area contributed by atoms with Gasteiger partial charge in [-0.1, -0.05) is 42.0 Å². The molecule has 6 heteroatoms. The van der Waals surface area contributed by atoms with Crippen LogP contribution >= 0.6 is 0 Å². The van der Waals surface area contributed by atoms with Crippen LogP contribution < -0.4 is 10.6 Å². The van der Waals surface area contributed by atoms with Gasteiger partial charge < -0.3 is 15.1 Å². The SMILES string of the molecule is CC(=O)Nc1ccc(NC(=O)c2ccccc2-c2ncc(-c3ccc(C)cc3)o2)cc1. The van der Waals surface area contributed by atoms with Crippen LogP contribution in [0.1, 0.15) is 22.8 Å². The van der Waals surface area contributed by atoms with Crippen molar-refractivity contribution in [2.75, 3.05) is 10.6 Å². The number of aromatic nitrogens is 1. The normalized spacial score (nSPS) is 10.5. The van der Waals surface area contributed by atoms with Gasteiger partial charge in [0, 0.05) is 29.4 Å². The first-order chi connectivity index (χ1) is 15.0. The molecule has 1 aromatic heterocycles. The molecule has 0 aliphatic heterocycles. The summed E-state index contributed by atoms with van der Waals surface area (Å²) < 4.78 is 5.96. The molecule has 0 unspecified atom stereocenters. The number of hydrogen-bond acceptors (Lipinski definition) is 4. The zero-order valence-electron chi connectivity index (χ0n) is 17.2. The predicted octanol–water partition coefficient (Wildman–Crippen LogP) is 5.53. The number of nitrogens with one attached hydrogen (secondary N) is 2. The maximum absolute atomic E-state index is 12.9. The summed E-state index contributed by atoms with van der Waals surface area (Å²) >= 11 is 0. The van der Waals surface area contributed by atoms with E-state index in [0.717, 1.165) is 11.1 Å². The number of anilines is 2. The van der Waals surface area contributed by atoms with E-state index < -0.39 is 0 Å². The zero-order valence-corrected chi connectivity index (χ0v) is 17.2. The van der Waals surface area contributed by atoms with Gasteiger partial charge in [0.05, 0.1) is 11.8 Å². The Bertz CT molecular complexity index is 1230. The molecule has 2 amide bonds. The van der Waals surface area contributed by atoms with Crippen molar-refractivity contribution in [3.63, 3.8) is 0 Å². The first-order valence-electron chi connectivity index (χ1n) is 9.81. The number of carbonyl (C=O) groups excluding carboxylic acids is 2. The van der Waals surface area contributed by atoms with Crippen LogP contribution in [0, 0.1) is 6.92 Å². The third-order valence-electron chi connectivity index (χ3n) is 4.71. The summed E-state index contributed by atoms with van der Waals surface area (Å²) in [5.74, 6) is 0.584. The van der Waals surface area contributed by atoms with Gasteiger partial charge in [0.1, 0.15) is 0 Å². The van der Waals surface area contributed by atoms with Crippen LogP contribution in [-0.2, 0) is 4.79 Å². The fraction of sp³-hybridized carbons (Fsp3) is 0.0800. The number of nitrogens with zero attached hydrogens (tertiary/aromatic N) is 1. The van der Waals surface area contributed by atoms with E-state index in [1.807, 2.05) is 37.3 Å². The molecular formula is C25H21N3O3. The van der Waals surface area contributed by atoms with Crippen LogP contribution in [-0.4, -0.2) is 16.8 Å². The fourth-order valence-electron chi connectivity index (χ4n) is 3.16. The monoisotopic (exact) mass is 411 g/mol. The molecule has 4 aromatic rings. The van der Waals surface area contributed by atoms with E-state index in [1.54, 1.807) is 48.7 Å². The molecule has 0 radical (unpaired) electrons. The molecule has 31 heavy (non-hydrogen) atoms. The van der Waals surface area contributed by atoms with Gasteiger partial charge in [0.15, 0.2) is 5.76 Å². The molecular weight excluding hydrogens is 390 g/mol. The number of rotatable bonds is 5. The standard InChI is InChI=1S/C25H21N3O3/c1-16-7-9-18(10-8-16)23-15-26-25(31-23)22-6-4-3-5-21(22)24(30)28-20-13-11-19(12-14-20)27-17(2)29/h3-15H,1-2H3,(H,27,29)(H,28,30). The van der Waals surface area contributed by atoms with Gasteiger partial charge in [-0.25, -0.2) is 4.98 Å². The van der Waals surface area contributed by atoms with Crippen molar-refractivity contribution in [2.24, 2.45) is 0 Å². The molecule has 0 fully saturated rings. The lowest BCUT2D eigenvalue weighted by atomic mass is 10.1.